The Morgan fingerprint density at radius 2 is 1.14 bits per heavy atom. The van der Waals surface area contributed by atoms with Crippen LogP contribution >= 0.6 is 0 Å². The van der Waals surface area contributed by atoms with E-state index in [4.69, 9.17) is 9.47 Å². The molecular weight excluding hydrogens is 523 g/mol. The van der Waals surface area contributed by atoms with Crippen LogP contribution in [0.1, 0.15) is 15.9 Å². The lowest BCUT2D eigenvalue weighted by molar-refractivity contribution is -0.428. The van der Waals surface area contributed by atoms with Gasteiger partial charge in [-0.1, -0.05) is 30.3 Å². The second-order valence-electron chi connectivity index (χ2n) is 7.42. The third kappa shape index (κ3) is 6.09. The van der Waals surface area contributed by atoms with Gasteiger partial charge in [0.15, 0.2) is 0 Å². The van der Waals surface area contributed by atoms with Crippen molar-refractivity contribution in [1.82, 2.24) is 0 Å². The number of esters is 1. The highest BCUT2D eigenvalue weighted by Gasteiger charge is 2.83. The maximum atomic E-state index is 13.6. The maximum absolute atomic E-state index is 13.6. The van der Waals surface area contributed by atoms with E-state index in [0.717, 1.165) is 17.7 Å². The standard InChI is InChI=1S/C24H15F9O4/c25-21(26,23(29,30)31)22(27,28)24(32,33)37-19-8-6-16(7-9-19)20(34)36-18-12-10-17(11-13-18)35-14-15-4-2-1-3-5-15/h1-13H,14H2. The Hall–Kier alpha value is -3.90. The van der Waals surface area contributed by atoms with Gasteiger partial charge in [-0.05, 0) is 54.1 Å². The summed E-state index contributed by atoms with van der Waals surface area (Å²) < 4.78 is 130. The second kappa shape index (κ2) is 10.2. The van der Waals surface area contributed by atoms with E-state index in [1.165, 1.54) is 24.3 Å². The van der Waals surface area contributed by atoms with Crippen molar-refractivity contribution < 1.29 is 58.5 Å². The van der Waals surface area contributed by atoms with Crippen LogP contribution < -0.4 is 14.2 Å². The first-order valence-corrected chi connectivity index (χ1v) is 10.1. The van der Waals surface area contributed by atoms with Crippen LogP contribution in [-0.4, -0.2) is 30.1 Å². The molecule has 3 aromatic carbocycles. The van der Waals surface area contributed by atoms with E-state index < -0.39 is 35.8 Å². The summed E-state index contributed by atoms with van der Waals surface area (Å²) in [5.41, 5.74) is 0.619. The largest absolute Gasteiger partial charge is 0.489 e. The lowest BCUT2D eigenvalue weighted by Gasteiger charge is -2.33. The van der Waals surface area contributed by atoms with Gasteiger partial charge in [0, 0.05) is 0 Å². The Morgan fingerprint density at radius 1 is 0.622 bits per heavy atom. The number of hydrogen-bond acceptors (Lipinski definition) is 4. The molecule has 0 aliphatic heterocycles. The minimum absolute atomic E-state index is 0.0537. The molecule has 3 rings (SSSR count). The van der Waals surface area contributed by atoms with Gasteiger partial charge in [-0.2, -0.15) is 39.5 Å². The molecular formula is C24H15F9O4. The molecule has 0 N–H and O–H groups in total. The summed E-state index contributed by atoms with van der Waals surface area (Å²) >= 11 is 0. The molecule has 0 aliphatic rings. The fourth-order valence-corrected chi connectivity index (χ4v) is 2.74. The van der Waals surface area contributed by atoms with E-state index in [-0.39, 0.29) is 17.9 Å². The fourth-order valence-electron chi connectivity index (χ4n) is 2.74. The van der Waals surface area contributed by atoms with E-state index in [1.807, 2.05) is 30.3 Å². The molecule has 0 spiro atoms. The van der Waals surface area contributed by atoms with Gasteiger partial charge < -0.3 is 14.2 Å². The normalized spacial score (nSPS) is 12.7. The summed E-state index contributed by atoms with van der Waals surface area (Å²) in [7, 11) is 0. The van der Waals surface area contributed by atoms with E-state index in [2.05, 4.69) is 4.74 Å². The average molecular weight is 538 g/mol. The number of halogens is 9. The van der Waals surface area contributed by atoms with Crippen molar-refractivity contribution in [3.05, 3.63) is 90.0 Å². The Morgan fingerprint density at radius 3 is 1.68 bits per heavy atom. The first-order valence-electron chi connectivity index (χ1n) is 10.1. The van der Waals surface area contributed by atoms with Crippen molar-refractivity contribution in [2.45, 2.75) is 30.7 Å². The predicted molar refractivity (Wildman–Crippen MR) is 110 cm³/mol. The van der Waals surface area contributed by atoms with Gasteiger partial charge in [0.05, 0.1) is 5.56 Å². The van der Waals surface area contributed by atoms with Gasteiger partial charge in [-0.25, -0.2) is 4.79 Å². The zero-order chi connectivity index (χ0) is 27.5. The quantitative estimate of drug-likeness (QED) is 0.163. The van der Waals surface area contributed by atoms with E-state index in [1.54, 1.807) is 0 Å². The molecule has 0 bridgehead atoms. The van der Waals surface area contributed by atoms with Crippen LogP contribution in [0.5, 0.6) is 17.2 Å². The van der Waals surface area contributed by atoms with Crippen LogP contribution in [0.2, 0.25) is 0 Å². The summed E-state index contributed by atoms with van der Waals surface area (Å²) in [6.45, 7) is 0.285. The summed E-state index contributed by atoms with van der Waals surface area (Å²) in [6.07, 6.45) is -13.2. The van der Waals surface area contributed by atoms with Crippen LogP contribution in [-0.2, 0) is 6.61 Å². The fraction of sp³-hybridized carbons (Fsp3) is 0.208. The van der Waals surface area contributed by atoms with Crippen LogP contribution in [0.4, 0.5) is 39.5 Å². The summed E-state index contributed by atoms with van der Waals surface area (Å²) in [5.74, 6) is -15.7. The van der Waals surface area contributed by atoms with Gasteiger partial charge in [-0.3, -0.25) is 0 Å². The highest BCUT2D eigenvalue weighted by atomic mass is 19.4. The lowest BCUT2D eigenvalue weighted by atomic mass is 10.1. The van der Waals surface area contributed by atoms with Gasteiger partial charge >= 0.3 is 30.1 Å². The molecule has 0 unspecified atom stereocenters. The molecule has 13 heteroatoms. The third-order valence-electron chi connectivity index (χ3n) is 4.73. The molecule has 0 amide bonds. The van der Waals surface area contributed by atoms with E-state index in [0.29, 0.717) is 17.9 Å². The van der Waals surface area contributed by atoms with Gasteiger partial charge in [0.1, 0.15) is 23.9 Å². The van der Waals surface area contributed by atoms with Crippen molar-refractivity contribution in [2.75, 3.05) is 0 Å². The van der Waals surface area contributed by atoms with Crippen LogP contribution in [0.25, 0.3) is 0 Å². The molecule has 4 nitrogen and oxygen atoms in total. The zero-order valence-corrected chi connectivity index (χ0v) is 18.2. The van der Waals surface area contributed by atoms with Gasteiger partial charge in [0.2, 0.25) is 0 Å². The Kier molecular flexibility index (Phi) is 7.65. The van der Waals surface area contributed by atoms with Gasteiger partial charge in [0.25, 0.3) is 0 Å². The Bertz CT molecular complexity index is 1190. The van der Waals surface area contributed by atoms with Crippen LogP contribution in [0, 0.1) is 0 Å². The molecule has 0 fully saturated rings. The summed E-state index contributed by atoms with van der Waals surface area (Å²) in [4.78, 5) is 12.2. The first kappa shape index (κ1) is 27.7. The lowest BCUT2D eigenvalue weighted by Crippen LogP contribution is -2.62. The summed E-state index contributed by atoms with van der Waals surface area (Å²) in [6, 6.07) is 17.5. The average Bonchev–Trinajstić information content (AvgIpc) is 2.83. The Balaban J connectivity index is 1.61. The number of carbonyl (C=O) groups is 1. The maximum Gasteiger partial charge on any atom is 0.471 e. The smallest absolute Gasteiger partial charge is 0.471 e. The number of benzene rings is 3. The van der Waals surface area contributed by atoms with Crippen molar-refractivity contribution in [2.24, 2.45) is 0 Å². The van der Waals surface area contributed by atoms with Crippen molar-refractivity contribution in [3.8, 4) is 17.2 Å². The molecule has 198 valence electrons. The monoisotopic (exact) mass is 538 g/mol. The highest BCUT2D eigenvalue weighted by molar-refractivity contribution is 5.91. The number of rotatable bonds is 9. The molecule has 0 atom stereocenters. The van der Waals surface area contributed by atoms with E-state index in [9.17, 15) is 44.3 Å². The Labute approximate surface area is 203 Å². The number of carbonyl (C=O) groups excluding carboxylic acids is 1. The molecule has 0 saturated carbocycles. The summed E-state index contributed by atoms with van der Waals surface area (Å²) in [5, 5.41) is 0. The molecule has 3 aromatic rings. The van der Waals surface area contributed by atoms with E-state index >= 15 is 0 Å². The number of ether oxygens (including phenoxy) is 3. The molecule has 0 saturated heterocycles. The number of alkyl halides is 9. The minimum Gasteiger partial charge on any atom is -0.489 e. The number of hydrogen-bond donors (Lipinski definition) is 0. The van der Waals surface area contributed by atoms with Crippen molar-refractivity contribution in [1.29, 1.82) is 0 Å². The van der Waals surface area contributed by atoms with Crippen LogP contribution in [0.15, 0.2) is 78.9 Å². The molecule has 0 heterocycles. The molecule has 0 aliphatic carbocycles. The van der Waals surface area contributed by atoms with Crippen molar-refractivity contribution >= 4 is 5.97 Å². The minimum atomic E-state index is -7.09. The molecule has 0 radical (unpaired) electrons. The third-order valence-corrected chi connectivity index (χ3v) is 4.73. The van der Waals surface area contributed by atoms with Gasteiger partial charge in [-0.15, -0.1) is 0 Å². The topological polar surface area (TPSA) is 44.8 Å². The molecule has 0 aromatic heterocycles. The SMILES string of the molecule is O=C(Oc1ccc(OCc2ccccc2)cc1)c1ccc(OC(F)(F)C(F)(F)C(F)(F)C(F)(F)F)cc1. The predicted octanol–water partition coefficient (Wildman–Crippen LogP) is 7.29. The zero-order valence-electron chi connectivity index (χ0n) is 18.2. The van der Waals surface area contributed by atoms with Crippen LogP contribution in [0.3, 0.4) is 0 Å². The second-order valence-corrected chi connectivity index (χ2v) is 7.42. The first-order chi connectivity index (χ1) is 17.1. The van der Waals surface area contributed by atoms with Crippen molar-refractivity contribution in [3.63, 3.8) is 0 Å². The molecule has 37 heavy (non-hydrogen) atoms. The highest BCUT2D eigenvalue weighted by Crippen LogP contribution is 2.53.